The van der Waals surface area contributed by atoms with Gasteiger partial charge in [-0.05, 0) is 19.1 Å². The molecule has 0 spiro atoms. The van der Waals surface area contributed by atoms with Gasteiger partial charge in [-0.3, -0.25) is 4.79 Å². The van der Waals surface area contributed by atoms with Crippen molar-refractivity contribution in [1.82, 2.24) is 9.88 Å². The zero-order valence-electron chi connectivity index (χ0n) is 13.5. The molecule has 2 heterocycles. The standard InChI is InChI=1S/C17H23N3OS/c1-12(17(21)19(2)3)20-10-8-13(9-11-20)16-18-14-6-4-5-7-15(14)22-16/h4-7,12-13H,8-11H2,1-3H3/p+1/t12-/m1/s1. The Hall–Kier alpha value is -1.46. The van der Waals surface area contributed by atoms with E-state index in [1.54, 1.807) is 4.90 Å². The zero-order chi connectivity index (χ0) is 15.7. The SMILES string of the molecule is C[C@H](C(=O)N(C)C)[NH+]1CCC(c2nc3ccccc3s2)CC1. The number of aromatic nitrogens is 1. The van der Waals surface area contributed by atoms with Crippen molar-refractivity contribution in [2.75, 3.05) is 27.2 Å². The number of benzene rings is 1. The lowest BCUT2D eigenvalue weighted by molar-refractivity contribution is -0.919. The number of hydrogen-bond donors (Lipinski definition) is 1. The van der Waals surface area contributed by atoms with Crippen molar-refractivity contribution in [2.45, 2.75) is 31.7 Å². The molecule has 1 aromatic carbocycles. The van der Waals surface area contributed by atoms with Crippen molar-refractivity contribution >= 4 is 27.5 Å². The molecule has 22 heavy (non-hydrogen) atoms. The number of rotatable bonds is 3. The summed E-state index contributed by atoms with van der Waals surface area (Å²) in [7, 11) is 3.68. The second kappa shape index (κ2) is 6.34. The average Bonchev–Trinajstić information content (AvgIpc) is 2.97. The number of likely N-dealkylation sites (tertiary alicyclic amines) is 1. The number of amides is 1. The van der Waals surface area contributed by atoms with Crippen molar-refractivity contribution in [3.63, 3.8) is 0 Å². The number of likely N-dealkylation sites (N-methyl/N-ethyl adjacent to an activating group) is 1. The summed E-state index contributed by atoms with van der Waals surface area (Å²) in [6.07, 6.45) is 2.25. The van der Waals surface area contributed by atoms with Gasteiger partial charge in [0.05, 0.1) is 28.3 Å². The molecule has 1 amide bonds. The Morgan fingerprint density at radius 1 is 1.32 bits per heavy atom. The number of carbonyl (C=O) groups is 1. The number of fused-ring (bicyclic) bond motifs is 1. The molecule has 118 valence electrons. The van der Waals surface area contributed by atoms with E-state index in [4.69, 9.17) is 4.98 Å². The Labute approximate surface area is 135 Å². The molecule has 0 radical (unpaired) electrons. The predicted molar refractivity (Wildman–Crippen MR) is 90.4 cm³/mol. The summed E-state index contributed by atoms with van der Waals surface area (Å²) < 4.78 is 1.28. The van der Waals surface area contributed by atoms with E-state index in [0.717, 1.165) is 31.4 Å². The maximum absolute atomic E-state index is 12.1. The number of quaternary nitrogens is 1. The number of thiazole rings is 1. The van der Waals surface area contributed by atoms with Crippen LogP contribution in [0.25, 0.3) is 10.2 Å². The molecule has 1 N–H and O–H groups in total. The van der Waals surface area contributed by atoms with Crippen molar-refractivity contribution in [2.24, 2.45) is 0 Å². The third kappa shape index (κ3) is 3.01. The average molecular weight is 318 g/mol. The first-order valence-corrected chi connectivity index (χ1v) is 8.79. The number of hydrogen-bond acceptors (Lipinski definition) is 3. The van der Waals surface area contributed by atoms with Gasteiger partial charge in [0.2, 0.25) is 0 Å². The maximum atomic E-state index is 12.1. The minimum atomic E-state index is 0.0614. The highest BCUT2D eigenvalue weighted by atomic mass is 32.1. The summed E-state index contributed by atoms with van der Waals surface area (Å²) in [6, 6.07) is 8.42. The second-order valence-corrected chi connectivity index (χ2v) is 7.47. The molecule has 3 rings (SSSR count). The Kier molecular flexibility index (Phi) is 4.45. The largest absolute Gasteiger partial charge is 0.344 e. The first-order chi connectivity index (χ1) is 10.6. The normalized spacial score (nSPS) is 23.4. The lowest BCUT2D eigenvalue weighted by Gasteiger charge is -2.32. The van der Waals surface area contributed by atoms with Gasteiger partial charge in [-0.15, -0.1) is 11.3 Å². The topological polar surface area (TPSA) is 37.6 Å². The van der Waals surface area contributed by atoms with Crippen LogP contribution in [-0.2, 0) is 4.79 Å². The lowest BCUT2D eigenvalue weighted by atomic mass is 9.96. The molecule has 1 atom stereocenters. The van der Waals surface area contributed by atoms with Gasteiger partial charge >= 0.3 is 0 Å². The smallest absolute Gasteiger partial charge is 0.280 e. The van der Waals surface area contributed by atoms with Crippen LogP contribution < -0.4 is 4.90 Å². The van der Waals surface area contributed by atoms with Crippen LogP contribution in [0.15, 0.2) is 24.3 Å². The van der Waals surface area contributed by atoms with Gasteiger partial charge in [-0.2, -0.15) is 0 Å². The summed E-state index contributed by atoms with van der Waals surface area (Å²) in [5.74, 6) is 0.788. The van der Waals surface area contributed by atoms with E-state index in [9.17, 15) is 4.79 Å². The lowest BCUT2D eigenvalue weighted by Crippen LogP contribution is -3.17. The highest BCUT2D eigenvalue weighted by Gasteiger charge is 2.32. The molecule has 2 aromatic rings. The quantitative estimate of drug-likeness (QED) is 0.932. The van der Waals surface area contributed by atoms with E-state index in [0.29, 0.717) is 5.92 Å². The van der Waals surface area contributed by atoms with Crippen LogP contribution in [0.2, 0.25) is 0 Å². The van der Waals surface area contributed by atoms with E-state index in [1.165, 1.54) is 14.6 Å². The van der Waals surface area contributed by atoms with Gasteiger partial charge in [0, 0.05) is 32.9 Å². The molecule has 0 aliphatic carbocycles. The Morgan fingerprint density at radius 3 is 2.64 bits per heavy atom. The van der Waals surface area contributed by atoms with Crippen LogP contribution in [0, 0.1) is 0 Å². The highest BCUT2D eigenvalue weighted by Crippen LogP contribution is 2.31. The molecular formula is C17H24N3OS+. The van der Waals surface area contributed by atoms with Crippen LogP contribution in [-0.4, -0.2) is 49.0 Å². The Bertz CT molecular complexity index is 626. The van der Waals surface area contributed by atoms with E-state index in [2.05, 4.69) is 25.1 Å². The summed E-state index contributed by atoms with van der Waals surface area (Å²) in [6.45, 7) is 4.17. The first kappa shape index (κ1) is 15.4. The number of piperidine rings is 1. The van der Waals surface area contributed by atoms with Crippen LogP contribution in [0.1, 0.15) is 30.7 Å². The minimum absolute atomic E-state index is 0.0614. The number of para-hydroxylation sites is 1. The highest BCUT2D eigenvalue weighted by molar-refractivity contribution is 7.18. The fourth-order valence-electron chi connectivity index (χ4n) is 3.30. The fourth-order valence-corrected chi connectivity index (χ4v) is 4.43. The van der Waals surface area contributed by atoms with E-state index >= 15 is 0 Å². The van der Waals surface area contributed by atoms with Gasteiger partial charge in [0.1, 0.15) is 0 Å². The van der Waals surface area contributed by atoms with Crippen LogP contribution in [0.3, 0.4) is 0 Å². The van der Waals surface area contributed by atoms with Crippen LogP contribution in [0.5, 0.6) is 0 Å². The maximum Gasteiger partial charge on any atom is 0.280 e. The third-order valence-electron chi connectivity index (χ3n) is 4.71. The summed E-state index contributed by atoms with van der Waals surface area (Å²) in [5.41, 5.74) is 1.12. The monoisotopic (exact) mass is 318 g/mol. The molecule has 1 aliphatic rings. The molecule has 0 saturated carbocycles. The number of nitrogens with one attached hydrogen (secondary N) is 1. The van der Waals surface area contributed by atoms with E-state index in [-0.39, 0.29) is 11.9 Å². The van der Waals surface area contributed by atoms with E-state index < -0.39 is 0 Å². The van der Waals surface area contributed by atoms with Crippen molar-refractivity contribution in [1.29, 1.82) is 0 Å². The Morgan fingerprint density at radius 2 is 2.00 bits per heavy atom. The number of carbonyl (C=O) groups excluding carboxylic acids is 1. The molecule has 4 nitrogen and oxygen atoms in total. The summed E-state index contributed by atoms with van der Waals surface area (Å²) in [4.78, 5) is 20.0. The van der Waals surface area contributed by atoms with Crippen molar-refractivity contribution in [3.8, 4) is 0 Å². The predicted octanol–water partition coefficient (Wildman–Crippen LogP) is 1.54. The fraction of sp³-hybridized carbons (Fsp3) is 0.529. The summed E-state index contributed by atoms with van der Waals surface area (Å²) >= 11 is 1.83. The molecule has 5 heteroatoms. The second-order valence-electron chi connectivity index (χ2n) is 6.41. The zero-order valence-corrected chi connectivity index (χ0v) is 14.3. The third-order valence-corrected chi connectivity index (χ3v) is 5.91. The first-order valence-electron chi connectivity index (χ1n) is 7.97. The molecule has 1 aromatic heterocycles. The molecule has 0 unspecified atom stereocenters. The minimum Gasteiger partial charge on any atom is -0.344 e. The van der Waals surface area contributed by atoms with Gasteiger partial charge in [0.25, 0.3) is 5.91 Å². The molecule has 1 saturated heterocycles. The van der Waals surface area contributed by atoms with Gasteiger partial charge in [0.15, 0.2) is 6.04 Å². The van der Waals surface area contributed by atoms with Gasteiger partial charge in [-0.25, -0.2) is 4.98 Å². The van der Waals surface area contributed by atoms with Gasteiger partial charge < -0.3 is 9.80 Å². The number of nitrogens with zero attached hydrogens (tertiary/aromatic N) is 2. The van der Waals surface area contributed by atoms with Crippen molar-refractivity contribution < 1.29 is 9.69 Å². The molecule has 1 aliphatic heterocycles. The van der Waals surface area contributed by atoms with Crippen LogP contribution in [0.4, 0.5) is 0 Å². The van der Waals surface area contributed by atoms with Crippen molar-refractivity contribution in [3.05, 3.63) is 29.3 Å². The molecule has 1 fully saturated rings. The van der Waals surface area contributed by atoms with E-state index in [1.807, 2.05) is 31.5 Å². The summed E-state index contributed by atoms with van der Waals surface area (Å²) in [5, 5.41) is 1.27. The van der Waals surface area contributed by atoms with Gasteiger partial charge in [-0.1, -0.05) is 12.1 Å². The molecule has 0 bridgehead atoms. The Balaban J connectivity index is 1.65. The van der Waals surface area contributed by atoms with Crippen LogP contribution >= 0.6 is 11.3 Å². The molecular weight excluding hydrogens is 294 g/mol.